The number of hydrogen-bond acceptors (Lipinski definition) is 4. The Hall–Kier alpha value is -3.45. The van der Waals surface area contributed by atoms with Crippen molar-refractivity contribution in [1.29, 1.82) is 0 Å². The summed E-state index contributed by atoms with van der Waals surface area (Å²) in [5, 5.41) is 0. The summed E-state index contributed by atoms with van der Waals surface area (Å²) in [5.41, 5.74) is 0.625. The standard InChI is InChI=1S/C28H26F3NO3/c1-19(33)35-18-22-16-24(27(34)21-12-6-3-7-13-21)26(32(22)17-20-10-4-2-5-11-20)23-14-8-9-15-25(23)28(29,30)31/h2-15,22,24,26H,16-18H2,1H3/t22-,24-,26-/m0/s1. The number of ketones is 1. The molecule has 4 rings (SSSR count). The first-order valence-corrected chi connectivity index (χ1v) is 11.4. The van der Waals surface area contributed by atoms with Gasteiger partial charge in [0.25, 0.3) is 0 Å². The highest BCUT2D eigenvalue weighted by molar-refractivity contribution is 5.98. The molecule has 0 aromatic heterocycles. The number of hydrogen-bond donors (Lipinski definition) is 0. The van der Waals surface area contributed by atoms with Crippen LogP contribution in [0.5, 0.6) is 0 Å². The Morgan fingerprint density at radius 2 is 1.51 bits per heavy atom. The summed E-state index contributed by atoms with van der Waals surface area (Å²) in [7, 11) is 0. The number of carbonyl (C=O) groups is 2. The minimum Gasteiger partial charge on any atom is -0.464 e. The van der Waals surface area contributed by atoms with Crippen molar-refractivity contribution in [3.05, 3.63) is 107 Å². The maximum Gasteiger partial charge on any atom is 0.416 e. The number of rotatable bonds is 7. The second-order valence-corrected chi connectivity index (χ2v) is 8.72. The van der Waals surface area contributed by atoms with Gasteiger partial charge in [0, 0.05) is 37.0 Å². The van der Waals surface area contributed by atoms with Crippen LogP contribution in [0.2, 0.25) is 0 Å². The lowest BCUT2D eigenvalue weighted by Crippen LogP contribution is -2.36. The molecule has 3 aromatic rings. The van der Waals surface area contributed by atoms with Crippen LogP contribution in [0.25, 0.3) is 0 Å². The highest BCUT2D eigenvalue weighted by atomic mass is 19.4. The predicted octanol–water partition coefficient (Wildman–Crippen LogP) is 6.08. The molecule has 0 radical (unpaired) electrons. The molecule has 0 aliphatic carbocycles. The zero-order valence-corrected chi connectivity index (χ0v) is 19.2. The van der Waals surface area contributed by atoms with Crippen molar-refractivity contribution in [3.8, 4) is 0 Å². The topological polar surface area (TPSA) is 46.6 Å². The van der Waals surface area contributed by atoms with Gasteiger partial charge in [0.15, 0.2) is 5.78 Å². The summed E-state index contributed by atoms with van der Waals surface area (Å²) in [4.78, 5) is 27.1. The number of alkyl halides is 3. The van der Waals surface area contributed by atoms with Crippen LogP contribution in [0.4, 0.5) is 13.2 Å². The lowest BCUT2D eigenvalue weighted by Gasteiger charge is -2.33. The molecule has 4 nitrogen and oxygen atoms in total. The number of ether oxygens (including phenoxy) is 1. The minimum atomic E-state index is -4.58. The van der Waals surface area contributed by atoms with Crippen molar-refractivity contribution in [1.82, 2.24) is 4.90 Å². The van der Waals surface area contributed by atoms with Gasteiger partial charge in [0.2, 0.25) is 0 Å². The van der Waals surface area contributed by atoms with E-state index in [1.54, 1.807) is 36.4 Å². The van der Waals surface area contributed by atoms with Crippen molar-refractivity contribution in [2.45, 2.75) is 38.1 Å². The zero-order chi connectivity index (χ0) is 25.0. The number of esters is 1. The van der Waals surface area contributed by atoms with E-state index in [-0.39, 0.29) is 24.4 Å². The second kappa shape index (κ2) is 10.4. The fourth-order valence-corrected chi connectivity index (χ4v) is 4.89. The van der Waals surface area contributed by atoms with E-state index in [9.17, 15) is 22.8 Å². The van der Waals surface area contributed by atoms with Gasteiger partial charge in [-0.05, 0) is 23.6 Å². The molecule has 0 unspecified atom stereocenters. The molecule has 3 atom stereocenters. The highest BCUT2D eigenvalue weighted by Gasteiger charge is 2.48. The van der Waals surface area contributed by atoms with Crippen LogP contribution in [-0.4, -0.2) is 29.3 Å². The molecule has 1 fully saturated rings. The van der Waals surface area contributed by atoms with Gasteiger partial charge in [-0.3, -0.25) is 14.5 Å². The van der Waals surface area contributed by atoms with E-state index in [0.29, 0.717) is 12.1 Å². The van der Waals surface area contributed by atoms with Gasteiger partial charge >= 0.3 is 12.1 Å². The van der Waals surface area contributed by atoms with Gasteiger partial charge in [0.05, 0.1) is 5.56 Å². The molecule has 0 saturated carbocycles. The molecule has 35 heavy (non-hydrogen) atoms. The van der Waals surface area contributed by atoms with Gasteiger partial charge in [-0.25, -0.2) is 0 Å². The van der Waals surface area contributed by atoms with Gasteiger partial charge in [-0.2, -0.15) is 13.2 Å². The fourth-order valence-electron chi connectivity index (χ4n) is 4.89. The summed E-state index contributed by atoms with van der Waals surface area (Å²) in [5.74, 6) is -1.45. The van der Waals surface area contributed by atoms with Gasteiger partial charge in [-0.15, -0.1) is 0 Å². The van der Waals surface area contributed by atoms with Crippen molar-refractivity contribution in [2.24, 2.45) is 5.92 Å². The van der Waals surface area contributed by atoms with Crippen LogP contribution in [0, 0.1) is 5.92 Å². The molecule has 7 heteroatoms. The molecule has 1 aliphatic rings. The lowest BCUT2D eigenvalue weighted by molar-refractivity contribution is -0.142. The molecule has 1 saturated heterocycles. The predicted molar refractivity (Wildman–Crippen MR) is 125 cm³/mol. The van der Waals surface area contributed by atoms with Crippen LogP contribution in [-0.2, 0) is 22.3 Å². The molecule has 1 aliphatic heterocycles. The normalized spacial score (nSPS) is 20.5. The zero-order valence-electron chi connectivity index (χ0n) is 19.2. The Kier molecular flexibility index (Phi) is 7.36. The Morgan fingerprint density at radius 3 is 2.14 bits per heavy atom. The van der Waals surface area contributed by atoms with Crippen LogP contribution in [0.15, 0.2) is 84.9 Å². The van der Waals surface area contributed by atoms with Gasteiger partial charge in [-0.1, -0.05) is 78.9 Å². The van der Waals surface area contributed by atoms with E-state index in [4.69, 9.17) is 4.74 Å². The summed E-state index contributed by atoms with van der Waals surface area (Å²) in [6.45, 7) is 1.59. The first kappa shape index (κ1) is 24.7. The highest BCUT2D eigenvalue weighted by Crippen LogP contribution is 2.47. The Bertz CT molecular complexity index is 1160. The number of likely N-dealkylation sites (tertiary alicyclic amines) is 1. The lowest BCUT2D eigenvalue weighted by atomic mass is 9.84. The van der Waals surface area contributed by atoms with Crippen LogP contribution in [0.3, 0.4) is 0 Å². The maximum atomic E-state index is 14.1. The third-order valence-electron chi connectivity index (χ3n) is 6.40. The smallest absolute Gasteiger partial charge is 0.416 e. The Morgan fingerprint density at radius 1 is 0.914 bits per heavy atom. The van der Waals surface area contributed by atoms with Gasteiger partial charge < -0.3 is 4.74 Å². The van der Waals surface area contributed by atoms with E-state index >= 15 is 0 Å². The molecule has 182 valence electrons. The van der Waals surface area contributed by atoms with Crippen molar-refractivity contribution < 1.29 is 27.5 Å². The summed E-state index contributed by atoms with van der Waals surface area (Å²) in [6.07, 6.45) is -4.31. The first-order valence-electron chi connectivity index (χ1n) is 11.4. The summed E-state index contributed by atoms with van der Waals surface area (Å²) >= 11 is 0. The molecule has 1 heterocycles. The Balaban J connectivity index is 1.83. The first-order chi connectivity index (χ1) is 16.8. The SMILES string of the molecule is CC(=O)OC[C@@H]1C[C@H](C(=O)c2ccccc2)[C@H](c2ccccc2C(F)(F)F)N1Cc1ccccc1. The van der Waals surface area contributed by atoms with Crippen LogP contribution in [0.1, 0.15) is 46.4 Å². The number of nitrogens with zero attached hydrogens (tertiary/aromatic N) is 1. The molecular formula is C28H26F3NO3. The fraction of sp³-hybridized carbons (Fsp3) is 0.286. The molecule has 3 aromatic carbocycles. The van der Waals surface area contributed by atoms with Crippen LogP contribution >= 0.6 is 0 Å². The quantitative estimate of drug-likeness (QED) is 0.303. The summed E-state index contributed by atoms with van der Waals surface area (Å²) in [6, 6.07) is 22.1. The molecule has 0 bridgehead atoms. The monoisotopic (exact) mass is 481 g/mol. The second-order valence-electron chi connectivity index (χ2n) is 8.72. The van der Waals surface area contributed by atoms with Crippen LogP contribution < -0.4 is 0 Å². The van der Waals surface area contributed by atoms with E-state index in [1.807, 2.05) is 35.2 Å². The summed E-state index contributed by atoms with van der Waals surface area (Å²) < 4.78 is 47.6. The number of Topliss-reactive ketones (excluding diaryl/α,β-unsaturated/α-hetero) is 1. The van der Waals surface area contributed by atoms with E-state index in [0.717, 1.165) is 11.6 Å². The Labute approximate surface area is 202 Å². The minimum absolute atomic E-state index is 0.00851. The molecule has 0 amide bonds. The number of carbonyl (C=O) groups excluding carboxylic acids is 2. The molecule has 0 spiro atoms. The third-order valence-corrected chi connectivity index (χ3v) is 6.40. The van der Waals surface area contributed by atoms with Crippen molar-refractivity contribution in [3.63, 3.8) is 0 Å². The average Bonchev–Trinajstić information content (AvgIpc) is 3.20. The maximum absolute atomic E-state index is 14.1. The van der Waals surface area contributed by atoms with E-state index in [2.05, 4.69) is 0 Å². The van der Waals surface area contributed by atoms with Crippen molar-refractivity contribution >= 4 is 11.8 Å². The number of halogens is 3. The average molecular weight is 482 g/mol. The van der Waals surface area contributed by atoms with Gasteiger partial charge in [0.1, 0.15) is 6.61 Å². The van der Waals surface area contributed by atoms with Crippen molar-refractivity contribution in [2.75, 3.05) is 6.61 Å². The molecule has 0 N–H and O–H groups in total. The van der Waals surface area contributed by atoms with E-state index in [1.165, 1.54) is 19.1 Å². The van der Waals surface area contributed by atoms with E-state index < -0.39 is 35.7 Å². The largest absolute Gasteiger partial charge is 0.464 e. The third kappa shape index (κ3) is 5.62. The number of benzene rings is 3. The molecular weight excluding hydrogens is 455 g/mol.